The highest BCUT2D eigenvalue weighted by Gasteiger charge is 2.35. The Hall–Kier alpha value is -1.61. The molecule has 0 bridgehead atoms. The first kappa shape index (κ1) is 14.3. The van der Waals surface area contributed by atoms with Crippen LogP contribution in [0, 0.1) is 17.5 Å². The molecule has 0 aliphatic heterocycles. The summed E-state index contributed by atoms with van der Waals surface area (Å²) in [5.74, 6) is -4.66. The second-order valence-electron chi connectivity index (χ2n) is 4.57. The molecule has 0 amide bonds. The van der Waals surface area contributed by atoms with Crippen LogP contribution in [0.15, 0.2) is 17.3 Å². The molecule has 3 rings (SSSR count). The molecule has 1 fully saturated rings. The van der Waals surface area contributed by atoms with Crippen molar-refractivity contribution in [2.24, 2.45) is 0 Å². The third-order valence-corrected chi connectivity index (χ3v) is 4.20. The second kappa shape index (κ2) is 4.70. The van der Waals surface area contributed by atoms with E-state index in [4.69, 9.17) is 10.7 Å². The molecule has 0 saturated heterocycles. The molecular weight excluding hydrogens is 331 g/mol. The summed E-state index contributed by atoms with van der Waals surface area (Å²) in [5.41, 5.74) is -0.375. The fraction of sp³-hybridized carbons (Fsp3) is 0.273. The molecule has 0 unspecified atom stereocenters. The number of aromatic nitrogens is 3. The smallest absolute Gasteiger partial charge is 0.294 e. The van der Waals surface area contributed by atoms with E-state index in [1.54, 1.807) is 0 Å². The Labute approximate surface area is 121 Å². The van der Waals surface area contributed by atoms with Gasteiger partial charge in [-0.3, -0.25) is 4.57 Å². The van der Waals surface area contributed by atoms with Crippen LogP contribution in [0.3, 0.4) is 0 Å². The van der Waals surface area contributed by atoms with E-state index < -0.39 is 31.7 Å². The average Bonchev–Trinajstić information content (AvgIpc) is 3.14. The van der Waals surface area contributed by atoms with Gasteiger partial charge in [-0.25, -0.2) is 21.6 Å². The van der Waals surface area contributed by atoms with Crippen LogP contribution in [0.1, 0.15) is 18.9 Å². The number of halogens is 4. The van der Waals surface area contributed by atoms with Gasteiger partial charge in [-0.2, -0.15) is 0 Å². The maximum absolute atomic E-state index is 13.8. The van der Waals surface area contributed by atoms with E-state index in [-0.39, 0.29) is 17.4 Å². The predicted molar refractivity (Wildman–Crippen MR) is 66.6 cm³/mol. The average molecular weight is 338 g/mol. The van der Waals surface area contributed by atoms with Gasteiger partial charge in [0.05, 0.1) is 5.56 Å². The summed E-state index contributed by atoms with van der Waals surface area (Å²) in [6.45, 7) is 0. The molecule has 0 spiro atoms. The van der Waals surface area contributed by atoms with Gasteiger partial charge in [-0.1, -0.05) is 0 Å². The number of hydrogen-bond donors (Lipinski definition) is 0. The topological polar surface area (TPSA) is 64.8 Å². The van der Waals surface area contributed by atoms with Gasteiger partial charge in [-0.05, 0) is 25.0 Å². The Morgan fingerprint density at radius 2 is 1.81 bits per heavy atom. The fourth-order valence-electron chi connectivity index (χ4n) is 1.99. The molecule has 1 aliphatic carbocycles. The molecule has 0 radical (unpaired) electrons. The van der Waals surface area contributed by atoms with E-state index in [1.807, 2.05) is 0 Å². The van der Waals surface area contributed by atoms with Crippen LogP contribution in [-0.4, -0.2) is 23.2 Å². The molecule has 1 aliphatic rings. The molecule has 1 saturated carbocycles. The minimum atomic E-state index is -4.19. The van der Waals surface area contributed by atoms with Crippen molar-refractivity contribution in [1.29, 1.82) is 0 Å². The zero-order chi connectivity index (χ0) is 15.4. The molecule has 5 nitrogen and oxygen atoms in total. The van der Waals surface area contributed by atoms with Crippen molar-refractivity contribution in [1.82, 2.24) is 14.8 Å². The largest absolute Gasteiger partial charge is 0.296 e. The van der Waals surface area contributed by atoms with E-state index in [2.05, 4.69) is 10.2 Å². The lowest BCUT2D eigenvalue weighted by Crippen LogP contribution is -2.07. The minimum absolute atomic E-state index is 0.201. The normalized spacial score (nSPS) is 15.4. The van der Waals surface area contributed by atoms with Crippen LogP contribution < -0.4 is 0 Å². The van der Waals surface area contributed by atoms with E-state index in [1.165, 1.54) is 0 Å². The van der Waals surface area contributed by atoms with Gasteiger partial charge in [0.1, 0.15) is 0 Å². The monoisotopic (exact) mass is 337 g/mol. The lowest BCUT2D eigenvalue weighted by Gasteiger charge is -2.08. The van der Waals surface area contributed by atoms with Crippen LogP contribution in [0.5, 0.6) is 0 Å². The quantitative estimate of drug-likeness (QED) is 0.638. The van der Waals surface area contributed by atoms with Crippen molar-refractivity contribution in [2.75, 3.05) is 0 Å². The summed E-state index contributed by atoms with van der Waals surface area (Å²) in [4.78, 5) is 0. The second-order valence-corrected chi connectivity index (χ2v) is 7.03. The van der Waals surface area contributed by atoms with Crippen molar-refractivity contribution in [2.45, 2.75) is 24.0 Å². The molecule has 10 heteroatoms. The summed E-state index contributed by atoms with van der Waals surface area (Å²) in [5, 5.41) is 6.46. The zero-order valence-corrected chi connectivity index (χ0v) is 11.8. The number of rotatable bonds is 3. The SMILES string of the molecule is O=S(=O)(Cl)c1nnc(-c2ccc(F)c(F)c2F)n1C1CC1. The Morgan fingerprint density at radius 1 is 1.14 bits per heavy atom. The van der Waals surface area contributed by atoms with Crippen molar-refractivity contribution in [3.05, 3.63) is 29.6 Å². The highest BCUT2D eigenvalue weighted by Crippen LogP contribution is 2.41. The van der Waals surface area contributed by atoms with Crippen molar-refractivity contribution in [3.8, 4) is 11.4 Å². The molecule has 2 aromatic rings. The van der Waals surface area contributed by atoms with Crippen molar-refractivity contribution < 1.29 is 21.6 Å². The van der Waals surface area contributed by atoms with E-state index in [9.17, 15) is 21.6 Å². The highest BCUT2D eigenvalue weighted by atomic mass is 35.7. The van der Waals surface area contributed by atoms with Crippen molar-refractivity contribution in [3.63, 3.8) is 0 Å². The lowest BCUT2D eigenvalue weighted by atomic mass is 10.2. The van der Waals surface area contributed by atoms with Gasteiger partial charge < -0.3 is 0 Å². The number of nitrogens with zero attached hydrogens (tertiary/aromatic N) is 3. The van der Waals surface area contributed by atoms with Crippen LogP contribution in [0.4, 0.5) is 13.2 Å². The van der Waals surface area contributed by atoms with Gasteiger partial charge >= 0.3 is 0 Å². The third-order valence-electron chi connectivity index (χ3n) is 3.07. The highest BCUT2D eigenvalue weighted by molar-refractivity contribution is 8.13. The molecule has 112 valence electrons. The molecule has 0 atom stereocenters. The third kappa shape index (κ3) is 2.40. The fourth-order valence-corrected chi connectivity index (χ4v) is 2.91. The molecule has 1 aromatic carbocycles. The van der Waals surface area contributed by atoms with E-state index in [0.29, 0.717) is 12.8 Å². The van der Waals surface area contributed by atoms with Gasteiger partial charge in [0.15, 0.2) is 23.3 Å². The first-order chi connectivity index (χ1) is 9.80. The van der Waals surface area contributed by atoms with Crippen molar-refractivity contribution >= 4 is 19.7 Å². The molecular formula is C11H7ClF3N3O2S. The Bertz CT molecular complexity index is 833. The lowest BCUT2D eigenvalue weighted by molar-refractivity contribution is 0.448. The van der Waals surface area contributed by atoms with Crippen LogP contribution in [-0.2, 0) is 9.05 Å². The summed E-state index contributed by atoms with van der Waals surface area (Å²) in [6, 6.07) is 1.45. The maximum Gasteiger partial charge on any atom is 0.296 e. The summed E-state index contributed by atoms with van der Waals surface area (Å²) < 4.78 is 64.2. The summed E-state index contributed by atoms with van der Waals surface area (Å²) in [6.07, 6.45) is 1.27. The van der Waals surface area contributed by atoms with Crippen LogP contribution in [0.25, 0.3) is 11.4 Å². The van der Waals surface area contributed by atoms with Gasteiger partial charge in [0.25, 0.3) is 14.2 Å². The molecule has 1 heterocycles. The Kier molecular flexibility index (Phi) is 3.21. The minimum Gasteiger partial charge on any atom is -0.294 e. The molecule has 1 aromatic heterocycles. The van der Waals surface area contributed by atoms with Crippen LogP contribution >= 0.6 is 10.7 Å². The predicted octanol–water partition coefficient (Wildman–Crippen LogP) is 2.62. The van der Waals surface area contributed by atoms with Gasteiger partial charge in [0, 0.05) is 16.7 Å². The van der Waals surface area contributed by atoms with E-state index in [0.717, 1.165) is 16.7 Å². The maximum atomic E-state index is 13.8. The molecule has 21 heavy (non-hydrogen) atoms. The number of hydrogen-bond acceptors (Lipinski definition) is 4. The van der Waals surface area contributed by atoms with Crippen LogP contribution in [0.2, 0.25) is 0 Å². The molecule has 0 N–H and O–H groups in total. The Morgan fingerprint density at radius 3 is 2.38 bits per heavy atom. The summed E-state index contributed by atoms with van der Waals surface area (Å²) in [7, 11) is 1.07. The van der Waals surface area contributed by atoms with Gasteiger partial charge in [-0.15, -0.1) is 10.2 Å². The number of benzene rings is 1. The summed E-state index contributed by atoms with van der Waals surface area (Å²) >= 11 is 0. The zero-order valence-electron chi connectivity index (χ0n) is 10.2. The van der Waals surface area contributed by atoms with E-state index >= 15 is 0 Å². The van der Waals surface area contributed by atoms with Gasteiger partial charge in [0.2, 0.25) is 0 Å². The first-order valence-electron chi connectivity index (χ1n) is 5.84. The first-order valence-corrected chi connectivity index (χ1v) is 8.15. The standard InChI is InChI=1S/C11H7ClF3N3O2S/c12-21(19,20)11-17-16-10(18(11)5-1-2-5)6-3-4-7(13)9(15)8(6)14/h3-5H,1-2H2. The Balaban J connectivity index is 2.25.